The smallest absolute Gasteiger partial charge is 0.237 e. The lowest BCUT2D eigenvalue weighted by Gasteiger charge is -2.26. The van der Waals surface area contributed by atoms with Gasteiger partial charge in [-0.15, -0.1) is 0 Å². The van der Waals surface area contributed by atoms with Gasteiger partial charge in [0.15, 0.2) is 0 Å². The number of likely N-dealkylation sites (tertiary alicyclic amines) is 1. The molecule has 1 atom stereocenters. The third-order valence-corrected chi connectivity index (χ3v) is 2.51. The Balaban J connectivity index is 2.57. The second-order valence-corrected chi connectivity index (χ2v) is 3.60. The summed E-state index contributed by atoms with van der Waals surface area (Å²) in [4.78, 5) is 13.6. The summed E-state index contributed by atoms with van der Waals surface area (Å²) in [7, 11) is 1.71. The Bertz CT molecular complexity index is 168. The zero-order valence-corrected chi connectivity index (χ0v) is 8.13. The van der Waals surface area contributed by atoms with Gasteiger partial charge in [-0.05, 0) is 33.2 Å². The van der Waals surface area contributed by atoms with Crippen LogP contribution in [0.3, 0.4) is 0 Å². The lowest BCUT2D eigenvalue weighted by Crippen LogP contribution is -2.44. The van der Waals surface area contributed by atoms with Gasteiger partial charge < -0.3 is 5.32 Å². The van der Waals surface area contributed by atoms with Crippen LogP contribution in [0.2, 0.25) is 0 Å². The summed E-state index contributed by atoms with van der Waals surface area (Å²) in [5, 5.41) is 2.71. The molecule has 0 radical (unpaired) electrons. The fraction of sp³-hybridized carbons (Fsp3) is 0.889. The average molecular weight is 170 g/mol. The first kappa shape index (κ1) is 9.52. The molecule has 0 unspecified atom stereocenters. The van der Waals surface area contributed by atoms with E-state index in [4.69, 9.17) is 0 Å². The Morgan fingerprint density at radius 3 is 2.75 bits per heavy atom. The van der Waals surface area contributed by atoms with E-state index >= 15 is 0 Å². The van der Waals surface area contributed by atoms with Crippen molar-refractivity contribution in [2.45, 2.75) is 38.8 Å². The maximum atomic E-state index is 11.4. The Hall–Kier alpha value is -0.570. The highest BCUT2D eigenvalue weighted by atomic mass is 16.2. The molecular formula is C9H18N2O. The quantitative estimate of drug-likeness (QED) is 0.658. The molecule has 0 aromatic heterocycles. The molecule has 1 aliphatic rings. The lowest BCUT2D eigenvalue weighted by atomic mass is 10.2. The average Bonchev–Trinajstić information content (AvgIpc) is 2.50. The first-order chi connectivity index (χ1) is 5.66. The molecule has 1 N–H and O–H groups in total. The molecule has 0 saturated carbocycles. The van der Waals surface area contributed by atoms with Crippen LogP contribution in [0.1, 0.15) is 26.7 Å². The normalized spacial score (nSPS) is 24.8. The molecule has 1 amide bonds. The molecule has 1 aliphatic heterocycles. The van der Waals surface area contributed by atoms with Crippen LogP contribution in [0.5, 0.6) is 0 Å². The minimum absolute atomic E-state index is 0.120. The highest BCUT2D eigenvalue weighted by molar-refractivity contribution is 5.81. The largest absolute Gasteiger partial charge is 0.358 e. The van der Waals surface area contributed by atoms with Crippen molar-refractivity contribution < 1.29 is 4.79 Å². The number of nitrogens with zero attached hydrogens (tertiary/aromatic N) is 1. The number of amides is 1. The standard InChI is InChI=1S/C9H18N2O/c1-7(2)11-6-4-5-8(11)9(12)10-3/h7-8H,4-6H2,1-3H3,(H,10,12)/t8-/m1/s1. The van der Waals surface area contributed by atoms with Gasteiger partial charge in [-0.1, -0.05) is 0 Å². The van der Waals surface area contributed by atoms with Crippen LogP contribution in [0.4, 0.5) is 0 Å². The minimum atomic E-state index is 0.120. The van der Waals surface area contributed by atoms with Crippen LogP contribution in [0, 0.1) is 0 Å². The molecule has 3 heteroatoms. The van der Waals surface area contributed by atoms with Crippen molar-refractivity contribution >= 4 is 5.91 Å². The van der Waals surface area contributed by atoms with E-state index in [-0.39, 0.29) is 11.9 Å². The first-order valence-electron chi connectivity index (χ1n) is 4.64. The molecule has 1 fully saturated rings. The molecule has 1 heterocycles. The summed E-state index contributed by atoms with van der Waals surface area (Å²) in [6.45, 7) is 5.35. The van der Waals surface area contributed by atoms with Crippen molar-refractivity contribution in [3.8, 4) is 0 Å². The lowest BCUT2D eigenvalue weighted by molar-refractivity contribution is -0.125. The van der Waals surface area contributed by atoms with Crippen molar-refractivity contribution in [1.29, 1.82) is 0 Å². The topological polar surface area (TPSA) is 32.3 Å². The summed E-state index contributed by atoms with van der Waals surface area (Å²) in [5.41, 5.74) is 0. The molecule has 1 saturated heterocycles. The van der Waals surface area contributed by atoms with Crippen molar-refractivity contribution in [2.75, 3.05) is 13.6 Å². The van der Waals surface area contributed by atoms with Crippen LogP contribution in [-0.2, 0) is 4.79 Å². The Morgan fingerprint density at radius 1 is 1.58 bits per heavy atom. The van der Waals surface area contributed by atoms with E-state index in [9.17, 15) is 4.79 Å². The summed E-state index contributed by atoms with van der Waals surface area (Å²) in [6, 6.07) is 0.602. The fourth-order valence-electron chi connectivity index (χ4n) is 1.86. The predicted molar refractivity (Wildman–Crippen MR) is 48.9 cm³/mol. The SMILES string of the molecule is CNC(=O)[C@H]1CCCN1C(C)C. The molecule has 3 nitrogen and oxygen atoms in total. The van der Waals surface area contributed by atoms with E-state index in [0.29, 0.717) is 6.04 Å². The second-order valence-electron chi connectivity index (χ2n) is 3.60. The van der Waals surface area contributed by atoms with Gasteiger partial charge in [-0.3, -0.25) is 9.69 Å². The zero-order valence-electron chi connectivity index (χ0n) is 8.13. The highest BCUT2D eigenvalue weighted by Crippen LogP contribution is 2.19. The monoisotopic (exact) mass is 170 g/mol. The maximum Gasteiger partial charge on any atom is 0.237 e. The van der Waals surface area contributed by atoms with E-state index < -0.39 is 0 Å². The van der Waals surface area contributed by atoms with E-state index in [2.05, 4.69) is 24.1 Å². The van der Waals surface area contributed by atoms with E-state index in [1.165, 1.54) is 0 Å². The van der Waals surface area contributed by atoms with Crippen molar-refractivity contribution in [1.82, 2.24) is 10.2 Å². The van der Waals surface area contributed by atoms with E-state index in [0.717, 1.165) is 19.4 Å². The van der Waals surface area contributed by atoms with Crippen molar-refractivity contribution in [3.05, 3.63) is 0 Å². The fourth-order valence-corrected chi connectivity index (χ4v) is 1.86. The van der Waals surface area contributed by atoms with Gasteiger partial charge in [0.2, 0.25) is 5.91 Å². The second kappa shape index (κ2) is 3.90. The third kappa shape index (κ3) is 1.78. The summed E-state index contributed by atoms with van der Waals surface area (Å²) < 4.78 is 0. The van der Waals surface area contributed by atoms with Crippen molar-refractivity contribution in [3.63, 3.8) is 0 Å². The number of carbonyl (C=O) groups excluding carboxylic acids is 1. The van der Waals surface area contributed by atoms with Gasteiger partial charge in [-0.25, -0.2) is 0 Å². The van der Waals surface area contributed by atoms with Crippen molar-refractivity contribution in [2.24, 2.45) is 0 Å². The van der Waals surface area contributed by atoms with Crippen LogP contribution < -0.4 is 5.32 Å². The summed E-state index contributed by atoms with van der Waals surface area (Å²) in [5.74, 6) is 0.168. The zero-order chi connectivity index (χ0) is 9.14. The number of rotatable bonds is 2. The van der Waals surface area contributed by atoms with Gasteiger partial charge in [0, 0.05) is 13.1 Å². The number of likely N-dealkylation sites (N-methyl/N-ethyl adjacent to an activating group) is 1. The van der Waals surface area contributed by atoms with E-state index in [1.54, 1.807) is 7.05 Å². The Morgan fingerprint density at radius 2 is 2.25 bits per heavy atom. The molecule has 0 aromatic carbocycles. The number of carbonyl (C=O) groups is 1. The molecular weight excluding hydrogens is 152 g/mol. The van der Waals surface area contributed by atoms with E-state index in [1.807, 2.05) is 0 Å². The molecule has 12 heavy (non-hydrogen) atoms. The predicted octanol–water partition coefficient (Wildman–Crippen LogP) is 0.605. The summed E-state index contributed by atoms with van der Waals surface area (Å²) >= 11 is 0. The first-order valence-corrected chi connectivity index (χ1v) is 4.64. The maximum absolute atomic E-state index is 11.4. The van der Waals surface area contributed by atoms with Gasteiger partial charge in [0.05, 0.1) is 6.04 Å². The molecule has 0 bridgehead atoms. The van der Waals surface area contributed by atoms with Crippen LogP contribution in [0.25, 0.3) is 0 Å². The van der Waals surface area contributed by atoms with Crippen LogP contribution in [0.15, 0.2) is 0 Å². The molecule has 70 valence electrons. The van der Waals surface area contributed by atoms with Gasteiger partial charge in [0.1, 0.15) is 0 Å². The summed E-state index contributed by atoms with van der Waals surface area (Å²) in [6.07, 6.45) is 2.16. The molecule has 0 spiro atoms. The molecule has 1 rings (SSSR count). The van der Waals surface area contributed by atoms with Gasteiger partial charge >= 0.3 is 0 Å². The molecule has 0 aromatic rings. The molecule has 0 aliphatic carbocycles. The minimum Gasteiger partial charge on any atom is -0.358 e. The third-order valence-electron chi connectivity index (χ3n) is 2.51. The van der Waals surface area contributed by atoms with Gasteiger partial charge in [-0.2, -0.15) is 0 Å². The number of nitrogens with one attached hydrogen (secondary N) is 1. The number of hydrogen-bond acceptors (Lipinski definition) is 2. The van der Waals surface area contributed by atoms with Crippen LogP contribution >= 0.6 is 0 Å². The highest BCUT2D eigenvalue weighted by Gasteiger charge is 2.31. The Kier molecular flexibility index (Phi) is 3.09. The van der Waals surface area contributed by atoms with Gasteiger partial charge in [0.25, 0.3) is 0 Å². The number of hydrogen-bond donors (Lipinski definition) is 1. The Labute approximate surface area is 74.1 Å². The van der Waals surface area contributed by atoms with Crippen LogP contribution in [-0.4, -0.2) is 36.5 Å².